The minimum Gasteiger partial charge on any atom is -0.315 e. The van der Waals surface area contributed by atoms with E-state index in [1.807, 2.05) is 0 Å². The Morgan fingerprint density at radius 3 is 2.00 bits per heavy atom. The summed E-state index contributed by atoms with van der Waals surface area (Å²) in [7, 11) is -1.93. The molecule has 0 aliphatic carbocycles. The van der Waals surface area contributed by atoms with Crippen molar-refractivity contribution >= 4 is 15.9 Å². The van der Waals surface area contributed by atoms with E-state index in [4.69, 9.17) is 0 Å². The highest BCUT2D eigenvalue weighted by Gasteiger charge is 2.44. The van der Waals surface area contributed by atoms with Gasteiger partial charge >= 0.3 is 0 Å². The zero-order valence-electron chi connectivity index (χ0n) is 14.1. The van der Waals surface area contributed by atoms with Gasteiger partial charge < -0.3 is 5.32 Å². The van der Waals surface area contributed by atoms with E-state index in [0.717, 1.165) is 0 Å². The number of allylic oxidation sites excluding steroid dienone is 1. The lowest BCUT2D eigenvalue weighted by Crippen LogP contribution is -2.55. The number of hydrogen-bond acceptors (Lipinski definition) is 1. The summed E-state index contributed by atoms with van der Waals surface area (Å²) in [6.45, 7) is 22.8. The first-order chi connectivity index (χ1) is 8.03. The molecule has 0 aromatic rings. The van der Waals surface area contributed by atoms with Crippen LogP contribution in [0.3, 0.4) is 0 Å². The lowest BCUT2D eigenvalue weighted by molar-refractivity contribution is 0.604. The summed E-state index contributed by atoms with van der Waals surface area (Å²) in [6, 6.07) is 2.02. The van der Waals surface area contributed by atoms with Crippen LogP contribution in [0.25, 0.3) is 0 Å². The van der Waals surface area contributed by atoms with Gasteiger partial charge in [-0.15, -0.1) is 0 Å². The van der Waals surface area contributed by atoms with Gasteiger partial charge in [-0.1, -0.05) is 59.0 Å². The van der Waals surface area contributed by atoms with Crippen LogP contribution >= 0.6 is 0 Å². The molecule has 0 aromatic carbocycles. The van der Waals surface area contributed by atoms with Crippen LogP contribution in [-0.4, -0.2) is 28.5 Å². The second kappa shape index (κ2) is 7.06. The molecule has 1 unspecified atom stereocenters. The number of hydrogen-bond donors (Lipinski definition) is 1. The van der Waals surface area contributed by atoms with Crippen LogP contribution in [0.1, 0.15) is 48.5 Å². The maximum absolute atomic E-state index is 3.63. The van der Waals surface area contributed by atoms with Crippen LogP contribution in [0, 0.1) is 0 Å². The molecule has 108 valence electrons. The van der Waals surface area contributed by atoms with Gasteiger partial charge in [0.15, 0.2) is 0 Å². The van der Waals surface area contributed by atoms with Crippen LogP contribution < -0.4 is 5.32 Å². The Hall–Kier alpha value is 0.134. The third-order valence-electron chi connectivity index (χ3n) is 4.06. The van der Waals surface area contributed by atoms with Gasteiger partial charge in [-0.2, -0.15) is 0 Å². The normalized spacial score (nSPS) is 15.9. The van der Waals surface area contributed by atoms with Gasteiger partial charge in [0.2, 0.25) is 0 Å². The molecule has 0 radical (unpaired) electrons. The summed E-state index contributed by atoms with van der Waals surface area (Å²) in [5.74, 6) is 0. The summed E-state index contributed by atoms with van der Waals surface area (Å²) in [4.78, 5) is 0. The Kier molecular flexibility index (Phi) is 7.11. The van der Waals surface area contributed by atoms with Gasteiger partial charge in [0.25, 0.3) is 0 Å². The van der Waals surface area contributed by atoms with Crippen LogP contribution in [0.4, 0.5) is 0 Å². The molecule has 0 saturated carbocycles. The zero-order chi connectivity index (χ0) is 14.6. The Balaban J connectivity index is 5.17. The van der Waals surface area contributed by atoms with Gasteiger partial charge in [-0.05, 0) is 31.5 Å². The quantitative estimate of drug-likeness (QED) is 0.717. The Morgan fingerprint density at radius 2 is 1.72 bits per heavy atom. The number of nitrogens with one attached hydrogen (secondary N) is 1. The molecule has 0 amide bonds. The van der Waals surface area contributed by atoms with E-state index in [1.165, 1.54) is 18.2 Å². The summed E-state index contributed by atoms with van der Waals surface area (Å²) in [5, 5.41) is 4.12. The summed E-state index contributed by atoms with van der Waals surface area (Å²) in [6.07, 6.45) is 0. The van der Waals surface area contributed by atoms with Crippen molar-refractivity contribution in [3.8, 4) is 0 Å². The van der Waals surface area contributed by atoms with E-state index < -0.39 is 15.9 Å². The van der Waals surface area contributed by atoms with Crippen LogP contribution in [0.15, 0.2) is 11.3 Å². The smallest absolute Gasteiger partial charge is 0.0732 e. The first kappa shape index (κ1) is 18.1. The van der Waals surface area contributed by atoms with Gasteiger partial charge in [0.1, 0.15) is 0 Å². The van der Waals surface area contributed by atoms with Crippen LogP contribution in [0.2, 0.25) is 24.2 Å². The molecule has 18 heavy (non-hydrogen) atoms. The predicted molar refractivity (Wildman–Crippen MR) is 91.7 cm³/mol. The highest BCUT2D eigenvalue weighted by Crippen LogP contribution is 2.42. The standard InChI is InChI=1S/C15H35NSi2/c1-13(2)12-18(17(8)9,15(5,6)7)11-10-16-14(3)4/h12,14,16-17H,10-11H2,1-9H3. The summed E-state index contributed by atoms with van der Waals surface area (Å²) < 4.78 is 0. The van der Waals surface area contributed by atoms with Crippen molar-refractivity contribution in [2.24, 2.45) is 0 Å². The highest BCUT2D eigenvalue weighted by molar-refractivity contribution is 7.36. The maximum Gasteiger partial charge on any atom is 0.0732 e. The molecule has 3 heteroatoms. The third kappa shape index (κ3) is 5.02. The molecular weight excluding hydrogens is 250 g/mol. The van der Waals surface area contributed by atoms with Crippen molar-refractivity contribution in [2.75, 3.05) is 6.54 Å². The molecule has 0 spiro atoms. The number of rotatable bonds is 6. The Morgan fingerprint density at radius 1 is 1.22 bits per heavy atom. The maximum atomic E-state index is 3.63. The third-order valence-corrected chi connectivity index (χ3v) is 21.2. The molecule has 0 rings (SSSR count). The van der Waals surface area contributed by atoms with E-state index in [-0.39, 0.29) is 0 Å². The lowest BCUT2D eigenvalue weighted by Gasteiger charge is -2.45. The molecule has 1 atom stereocenters. The molecule has 0 aliphatic heterocycles. The summed E-state index contributed by atoms with van der Waals surface area (Å²) in [5.41, 5.74) is 4.24. The Bertz CT molecular complexity index is 273. The molecule has 0 aromatic heterocycles. The van der Waals surface area contributed by atoms with E-state index in [2.05, 4.69) is 72.6 Å². The fourth-order valence-corrected chi connectivity index (χ4v) is 18.0. The first-order valence-electron chi connectivity index (χ1n) is 7.42. The Labute approximate surface area is 118 Å². The van der Waals surface area contributed by atoms with Crippen molar-refractivity contribution in [3.05, 3.63) is 11.3 Å². The molecule has 0 aliphatic rings. The lowest BCUT2D eigenvalue weighted by atomic mass is 10.2. The fraction of sp³-hybridized carbons (Fsp3) is 0.867. The van der Waals surface area contributed by atoms with Gasteiger partial charge in [0.05, 0.1) is 7.59 Å². The van der Waals surface area contributed by atoms with Crippen molar-refractivity contribution in [1.82, 2.24) is 5.32 Å². The second-order valence-corrected chi connectivity index (χ2v) is 20.8. The SMILES string of the molecule is CC(C)=C[Si](CCNC(C)C)([SiH](C)C)C(C)(C)C. The van der Waals surface area contributed by atoms with E-state index >= 15 is 0 Å². The molecule has 0 saturated heterocycles. The fourth-order valence-electron chi connectivity index (χ4n) is 3.07. The van der Waals surface area contributed by atoms with Crippen molar-refractivity contribution in [3.63, 3.8) is 0 Å². The van der Waals surface area contributed by atoms with Gasteiger partial charge in [0, 0.05) is 14.4 Å². The van der Waals surface area contributed by atoms with Crippen LogP contribution in [-0.2, 0) is 0 Å². The molecule has 0 heterocycles. The van der Waals surface area contributed by atoms with Gasteiger partial charge in [-0.25, -0.2) is 0 Å². The van der Waals surface area contributed by atoms with E-state index in [1.54, 1.807) is 0 Å². The first-order valence-corrected chi connectivity index (χ1v) is 13.8. The topological polar surface area (TPSA) is 12.0 Å². The minimum atomic E-state index is -1.29. The van der Waals surface area contributed by atoms with E-state index in [0.29, 0.717) is 11.1 Å². The highest BCUT2D eigenvalue weighted by atomic mass is 29.2. The minimum absolute atomic E-state index is 0.489. The van der Waals surface area contributed by atoms with Gasteiger partial charge in [-0.3, -0.25) is 0 Å². The molecule has 1 N–H and O–H groups in total. The monoisotopic (exact) mass is 285 g/mol. The summed E-state index contributed by atoms with van der Waals surface area (Å²) >= 11 is 0. The zero-order valence-corrected chi connectivity index (χ0v) is 16.3. The average Bonchev–Trinajstić information content (AvgIpc) is 2.12. The van der Waals surface area contributed by atoms with Crippen molar-refractivity contribution < 1.29 is 0 Å². The molecule has 0 fully saturated rings. The predicted octanol–water partition coefficient (Wildman–Crippen LogP) is 4.30. The van der Waals surface area contributed by atoms with Crippen LogP contribution in [0.5, 0.6) is 0 Å². The average molecular weight is 286 g/mol. The van der Waals surface area contributed by atoms with Crippen molar-refractivity contribution in [1.29, 1.82) is 0 Å². The molecule has 1 nitrogen and oxygen atoms in total. The molecule has 0 bridgehead atoms. The largest absolute Gasteiger partial charge is 0.315 e. The second-order valence-electron chi connectivity index (χ2n) is 7.53. The van der Waals surface area contributed by atoms with E-state index in [9.17, 15) is 0 Å². The molecular formula is C15H35NSi2. The van der Waals surface area contributed by atoms with Crippen molar-refractivity contribution in [2.45, 2.75) is 78.7 Å².